The second-order valence-corrected chi connectivity index (χ2v) is 10.1. The maximum atomic E-state index is 13.0. The van der Waals surface area contributed by atoms with E-state index in [9.17, 15) is 9.59 Å². The van der Waals surface area contributed by atoms with Crippen LogP contribution >= 0.6 is 11.3 Å². The fourth-order valence-corrected chi connectivity index (χ4v) is 6.08. The molecule has 1 aliphatic carbocycles. The Hall–Kier alpha value is -2.32. The average molecular weight is 441 g/mol. The van der Waals surface area contributed by atoms with Crippen molar-refractivity contribution in [3.8, 4) is 0 Å². The zero-order valence-electron chi connectivity index (χ0n) is 17.6. The second kappa shape index (κ2) is 8.67. The van der Waals surface area contributed by atoms with E-state index >= 15 is 0 Å². The molecule has 1 atom stereocenters. The first kappa shape index (κ1) is 20.6. The molecular weight excluding hydrogens is 412 g/mol. The van der Waals surface area contributed by atoms with Crippen LogP contribution in [0.25, 0.3) is 0 Å². The third kappa shape index (κ3) is 4.36. The highest BCUT2D eigenvalue weighted by molar-refractivity contribution is 7.15. The Kier molecular flexibility index (Phi) is 5.75. The molecule has 164 valence electrons. The van der Waals surface area contributed by atoms with Crippen molar-refractivity contribution in [2.75, 3.05) is 18.5 Å². The van der Waals surface area contributed by atoms with Crippen molar-refractivity contribution >= 4 is 28.3 Å². The van der Waals surface area contributed by atoms with Gasteiger partial charge in [-0.05, 0) is 42.7 Å². The number of hydrogen-bond donors (Lipinski definition) is 1. The van der Waals surface area contributed by atoms with Gasteiger partial charge in [-0.3, -0.25) is 9.59 Å². The van der Waals surface area contributed by atoms with Crippen molar-refractivity contribution in [3.05, 3.63) is 40.4 Å². The van der Waals surface area contributed by atoms with Crippen LogP contribution in [0.2, 0.25) is 0 Å². The molecular formula is C23H28N4O3S. The number of ether oxygens (including phenoxy) is 1. The molecule has 3 aliphatic rings. The van der Waals surface area contributed by atoms with Crippen LogP contribution in [0.15, 0.2) is 24.3 Å². The molecule has 0 bridgehead atoms. The Morgan fingerprint density at radius 2 is 2.03 bits per heavy atom. The van der Waals surface area contributed by atoms with Gasteiger partial charge in [0.15, 0.2) is 0 Å². The molecule has 1 unspecified atom stereocenters. The smallest absolute Gasteiger partial charge is 0.254 e. The molecule has 7 nitrogen and oxygen atoms in total. The van der Waals surface area contributed by atoms with E-state index in [0.717, 1.165) is 61.3 Å². The van der Waals surface area contributed by atoms with Gasteiger partial charge in [0, 0.05) is 31.7 Å². The molecule has 0 radical (unpaired) electrons. The minimum atomic E-state index is -0.178. The summed E-state index contributed by atoms with van der Waals surface area (Å²) < 4.78 is 5.66. The van der Waals surface area contributed by atoms with Gasteiger partial charge in [-0.15, -0.1) is 10.2 Å². The highest BCUT2D eigenvalue weighted by Crippen LogP contribution is 2.42. The van der Waals surface area contributed by atoms with E-state index in [2.05, 4.69) is 15.5 Å². The Bertz CT molecular complexity index is 963. The minimum Gasteiger partial charge on any atom is -0.371 e. The van der Waals surface area contributed by atoms with Gasteiger partial charge in [-0.25, -0.2) is 0 Å². The van der Waals surface area contributed by atoms with E-state index in [4.69, 9.17) is 4.74 Å². The van der Waals surface area contributed by atoms with Crippen molar-refractivity contribution in [3.63, 3.8) is 0 Å². The van der Waals surface area contributed by atoms with Crippen molar-refractivity contribution in [1.82, 2.24) is 15.1 Å². The second-order valence-electron chi connectivity index (χ2n) is 9.05. The fourth-order valence-electron chi connectivity index (χ4n) is 5.23. The number of amides is 2. The van der Waals surface area contributed by atoms with Crippen LogP contribution in [0.4, 0.5) is 5.13 Å². The molecule has 1 saturated carbocycles. The van der Waals surface area contributed by atoms with Gasteiger partial charge in [0.25, 0.3) is 5.91 Å². The number of nitrogens with zero attached hydrogens (tertiary/aromatic N) is 3. The number of carbonyl (C=O) groups excluding carboxylic acids is 2. The van der Waals surface area contributed by atoms with Gasteiger partial charge in [0.05, 0.1) is 0 Å². The molecule has 2 aromatic rings. The molecule has 2 aliphatic heterocycles. The number of hydrogen-bond acceptors (Lipinski definition) is 6. The molecule has 31 heavy (non-hydrogen) atoms. The van der Waals surface area contributed by atoms with Crippen LogP contribution < -0.4 is 5.32 Å². The fraction of sp³-hybridized carbons (Fsp3) is 0.565. The van der Waals surface area contributed by atoms with Gasteiger partial charge in [0.2, 0.25) is 11.0 Å². The molecule has 3 heterocycles. The van der Waals surface area contributed by atoms with Gasteiger partial charge >= 0.3 is 0 Å². The standard InChI is InChI=1S/C23H28N4O3S/c28-19(24-22-26-25-20(31-22)18-9-6-12-30-18)13-23(10-4-1-5-11-23)15-27-14-16-7-2-3-8-17(16)21(27)29/h2-3,7-8,18H,1,4-6,9-15H2,(H,24,26,28). The van der Waals surface area contributed by atoms with E-state index < -0.39 is 0 Å². The Morgan fingerprint density at radius 3 is 2.81 bits per heavy atom. The lowest BCUT2D eigenvalue weighted by Crippen LogP contribution is -2.41. The molecule has 1 saturated heterocycles. The predicted molar refractivity (Wildman–Crippen MR) is 118 cm³/mol. The summed E-state index contributed by atoms with van der Waals surface area (Å²) in [5.41, 5.74) is 1.70. The monoisotopic (exact) mass is 440 g/mol. The summed E-state index contributed by atoms with van der Waals surface area (Å²) in [5.74, 6) is 0.0485. The first-order chi connectivity index (χ1) is 15.1. The molecule has 1 aromatic heterocycles. The van der Waals surface area contributed by atoms with Crippen LogP contribution in [0.1, 0.15) is 78.4 Å². The largest absolute Gasteiger partial charge is 0.371 e. The van der Waals surface area contributed by atoms with E-state index in [1.165, 1.54) is 17.8 Å². The molecule has 1 N–H and O–H groups in total. The van der Waals surface area contributed by atoms with E-state index in [-0.39, 0.29) is 23.3 Å². The third-order valence-electron chi connectivity index (χ3n) is 6.76. The number of nitrogens with one attached hydrogen (secondary N) is 1. The van der Waals surface area contributed by atoms with Crippen molar-refractivity contribution in [2.24, 2.45) is 5.41 Å². The maximum absolute atomic E-state index is 13.0. The number of benzene rings is 1. The van der Waals surface area contributed by atoms with Crippen LogP contribution in [-0.4, -0.2) is 40.1 Å². The van der Waals surface area contributed by atoms with Crippen molar-refractivity contribution in [2.45, 2.75) is 64.0 Å². The number of rotatable bonds is 6. The summed E-state index contributed by atoms with van der Waals surface area (Å²) in [6, 6.07) is 7.82. The van der Waals surface area contributed by atoms with E-state index in [0.29, 0.717) is 24.6 Å². The molecule has 2 fully saturated rings. The maximum Gasteiger partial charge on any atom is 0.254 e. The van der Waals surface area contributed by atoms with Crippen molar-refractivity contribution < 1.29 is 14.3 Å². The molecule has 1 aromatic carbocycles. The summed E-state index contributed by atoms with van der Waals surface area (Å²) >= 11 is 1.40. The predicted octanol–water partition coefficient (Wildman–Crippen LogP) is 4.32. The summed E-state index contributed by atoms with van der Waals surface area (Å²) in [5, 5.41) is 12.7. The van der Waals surface area contributed by atoms with E-state index in [1.54, 1.807) is 0 Å². The van der Waals surface area contributed by atoms with Crippen LogP contribution in [-0.2, 0) is 16.1 Å². The minimum absolute atomic E-state index is 0.00986. The summed E-state index contributed by atoms with van der Waals surface area (Å²) in [6.07, 6.45) is 7.74. The molecule has 8 heteroatoms. The average Bonchev–Trinajstić information content (AvgIpc) is 3.50. The molecule has 5 rings (SSSR count). The molecule has 0 spiro atoms. The van der Waals surface area contributed by atoms with Gasteiger partial charge in [0.1, 0.15) is 11.1 Å². The van der Waals surface area contributed by atoms with Crippen LogP contribution in [0.5, 0.6) is 0 Å². The van der Waals surface area contributed by atoms with Crippen LogP contribution in [0.3, 0.4) is 0 Å². The van der Waals surface area contributed by atoms with Gasteiger partial charge < -0.3 is 15.0 Å². The first-order valence-corrected chi connectivity index (χ1v) is 12.1. The lowest BCUT2D eigenvalue weighted by Gasteiger charge is -2.39. The summed E-state index contributed by atoms with van der Waals surface area (Å²) in [7, 11) is 0. The Morgan fingerprint density at radius 1 is 1.19 bits per heavy atom. The topological polar surface area (TPSA) is 84.4 Å². The number of anilines is 1. The molecule has 2 amide bonds. The number of fused-ring (bicyclic) bond motifs is 1. The highest BCUT2D eigenvalue weighted by atomic mass is 32.1. The number of aromatic nitrogens is 2. The van der Waals surface area contributed by atoms with Crippen molar-refractivity contribution in [1.29, 1.82) is 0 Å². The van der Waals surface area contributed by atoms with Gasteiger partial charge in [-0.2, -0.15) is 0 Å². The SMILES string of the molecule is O=C(CC1(CN2Cc3ccccc3C2=O)CCCCC1)Nc1nnc(C2CCCO2)s1. The van der Waals surface area contributed by atoms with Crippen LogP contribution in [0, 0.1) is 5.41 Å². The zero-order chi connectivity index (χ0) is 21.3. The lowest BCUT2D eigenvalue weighted by atomic mass is 9.71. The number of carbonyl (C=O) groups is 2. The summed E-state index contributed by atoms with van der Waals surface area (Å²) in [6.45, 7) is 2.03. The first-order valence-electron chi connectivity index (χ1n) is 11.2. The third-order valence-corrected chi connectivity index (χ3v) is 7.70. The highest BCUT2D eigenvalue weighted by Gasteiger charge is 2.39. The normalized spacial score (nSPS) is 22.5. The van der Waals surface area contributed by atoms with E-state index in [1.807, 2.05) is 29.2 Å². The zero-order valence-corrected chi connectivity index (χ0v) is 18.5. The lowest BCUT2D eigenvalue weighted by molar-refractivity contribution is -0.119. The Balaban J connectivity index is 1.26. The quantitative estimate of drug-likeness (QED) is 0.723. The Labute approximate surface area is 186 Å². The summed E-state index contributed by atoms with van der Waals surface area (Å²) in [4.78, 5) is 27.8. The van der Waals surface area contributed by atoms with Gasteiger partial charge in [-0.1, -0.05) is 48.8 Å².